The molecule has 3 heterocycles. The monoisotopic (exact) mass is 425 g/mol. The Bertz CT molecular complexity index is 1230. The van der Waals surface area contributed by atoms with Crippen LogP contribution in [0.1, 0.15) is 20.8 Å². The van der Waals surface area contributed by atoms with Gasteiger partial charge in [0.1, 0.15) is 11.4 Å². The van der Waals surface area contributed by atoms with Gasteiger partial charge in [-0.3, -0.25) is 14.5 Å². The molecule has 1 saturated heterocycles. The van der Waals surface area contributed by atoms with E-state index in [4.69, 9.17) is 0 Å². The summed E-state index contributed by atoms with van der Waals surface area (Å²) in [4.78, 5) is 41.8. The molecule has 7 nitrogen and oxygen atoms in total. The van der Waals surface area contributed by atoms with E-state index in [1.54, 1.807) is 11.0 Å². The smallest absolute Gasteiger partial charge is 0.272 e. The van der Waals surface area contributed by atoms with Gasteiger partial charge in [-0.05, 0) is 24.3 Å². The molecule has 0 radical (unpaired) electrons. The van der Waals surface area contributed by atoms with Gasteiger partial charge in [-0.1, -0.05) is 48.5 Å². The lowest BCUT2D eigenvalue weighted by Crippen LogP contribution is -2.50. The number of H-pyrrole nitrogens is 1. The highest BCUT2D eigenvalue weighted by Crippen LogP contribution is 2.19. The second-order valence-corrected chi connectivity index (χ2v) is 7.87. The molecule has 2 aromatic carbocycles. The molecule has 5 rings (SSSR count). The van der Waals surface area contributed by atoms with E-state index in [0.29, 0.717) is 49.9 Å². The molecule has 0 unspecified atom stereocenters. The Morgan fingerprint density at radius 1 is 0.812 bits per heavy atom. The number of pyridine rings is 1. The maximum Gasteiger partial charge on any atom is 0.272 e. The van der Waals surface area contributed by atoms with E-state index >= 15 is 0 Å². The van der Waals surface area contributed by atoms with Gasteiger partial charge in [0.2, 0.25) is 0 Å². The average molecular weight is 425 g/mol. The van der Waals surface area contributed by atoms with Crippen molar-refractivity contribution in [1.82, 2.24) is 24.8 Å². The highest BCUT2D eigenvalue weighted by Gasteiger charge is 2.24. The number of aromatic amines is 1. The molecule has 1 amide bonds. The zero-order chi connectivity index (χ0) is 21.9. The third-order valence-electron chi connectivity index (χ3n) is 5.72. The number of nitrogens with one attached hydrogen (secondary N) is 1. The van der Waals surface area contributed by atoms with Gasteiger partial charge in [-0.25, -0.2) is 9.97 Å². The lowest BCUT2D eigenvalue weighted by Gasteiger charge is -2.34. The van der Waals surface area contributed by atoms with E-state index in [1.807, 2.05) is 66.7 Å². The number of para-hydroxylation sites is 2. The summed E-state index contributed by atoms with van der Waals surface area (Å²) in [6, 6.07) is 22.5. The van der Waals surface area contributed by atoms with Crippen LogP contribution < -0.4 is 0 Å². The van der Waals surface area contributed by atoms with Crippen LogP contribution in [0.5, 0.6) is 0 Å². The molecule has 32 heavy (non-hydrogen) atoms. The summed E-state index contributed by atoms with van der Waals surface area (Å²) >= 11 is 0. The summed E-state index contributed by atoms with van der Waals surface area (Å²) in [7, 11) is 0. The minimum atomic E-state index is -0.100. The Kier molecular flexibility index (Phi) is 5.47. The Balaban J connectivity index is 1.24. The highest BCUT2D eigenvalue weighted by atomic mass is 16.2. The maximum atomic E-state index is 13.1. The highest BCUT2D eigenvalue weighted by molar-refractivity contribution is 5.97. The normalized spacial score (nSPS) is 14.6. The molecule has 1 N–H and O–H groups in total. The number of hydrogen-bond donors (Lipinski definition) is 1. The van der Waals surface area contributed by atoms with Crippen LogP contribution in [0.3, 0.4) is 0 Å². The standard InChI is InChI=1S/C25H23N5O2/c31-23(18-7-2-1-3-8-18)17-29-13-15-30(16-14-29)25(32)22-12-6-11-21(26-22)24-27-19-9-4-5-10-20(19)28-24/h1-12H,13-17H2,(H,27,28). The summed E-state index contributed by atoms with van der Waals surface area (Å²) < 4.78 is 0. The minimum Gasteiger partial charge on any atom is -0.337 e. The van der Waals surface area contributed by atoms with Crippen molar-refractivity contribution in [2.24, 2.45) is 0 Å². The van der Waals surface area contributed by atoms with Gasteiger partial charge in [0.15, 0.2) is 11.6 Å². The van der Waals surface area contributed by atoms with Crippen molar-refractivity contribution in [3.63, 3.8) is 0 Å². The molecule has 4 aromatic rings. The number of Topliss-reactive ketones (excluding diaryl/α,β-unsaturated/α-hetero) is 1. The fourth-order valence-electron chi connectivity index (χ4n) is 3.95. The van der Waals surface area contributed by atoms with Crippen LogP contribution in [-0.2, 0) is 0 Å². The molecule has 0 aliphatic carbocycles. The molecule has 1 fully saturated rings. The summed E-state index contributed by atoms with van der Waals surface area (Å²) in [5.74, 6) is 0.646. The Morgan fingerprint density at radius 2 is 1.56 bits per heavy atom. The number of rotatable bonds is 5. The molecule has 160 valence electrons. The number of ketones is 1. The first-order chi connectivity index (χ1) is 15.7. The second-order valence-electron chi connectivity index (χ2n) is 7.87. The van der Waals surface area contributed by atoms with E-state index in [0.717, 1.165) is 16.6 Å². The van der Waals surface area contributed by atoms with Crippen LogP contribution in [0.25, 0.3) is 22.6 Å². The van der Waals surface area contributed by atoms with Crippen LogP contribution in [0.2, 0.25) is 0 Å². The quantitative estimate of drug-likeness (QED) is 0.497. The Labute approximate surface area is 185 Å². The number of nitrogens with zero attached hydrogens (tertiary/aromatic N) is 4. The van der Waals surface area contributed by atoms with Crippen LogP contribution in [0.15, 0.2) is 72.8 Å². The third-order valence-corrected chi connectivity index (χ3v) is 5.72. The zero-order valence-corrected chi connectivity index (χ0v) is 17.6. The van der Waals surface area contributed by atoms with Gasteiger partial charge in [-0.15, -0.1) is 0 Å². The van der Waals surface area contributed by atoms with Crippen LogP contribution >= 0.6 is 0 Å². The summed E-state index contributed by atoms with van der Waals surface area (Å²) in [5.41, 5.74) is 3.55. The van der Waals surface area contributed by atoms with E-state index in [9.17, 15) is 9.59 Å². The lowest BCUT2D eigenvalue weighted by atomic mass is 10.1. The molecule has 1 aliphatic heterocycles. The summed E-state index contributed by atoms with van der Waals surface area (Å²) in [5, 5.41) is 0. The van der Waals surface area contributed by atoms with Gasteiger partial charge < -0.3 is 9.88 Å². The molecule has 0 bridgehead atoms. The van der Waals surface area contributed by atoms with Crippen molar-refractivity contribution in [3.8, 4) is 11.5 Å². The van der Waals surface area contributed by atoms with Gasteiger partial charge >= 0.3 is 0 Å². The minimum absolute atomic E-state index is 0.100. The average Bonchev–Trinajstić information content (AvgIpc) is 3.29. The molecule has 2 aromatic heterocycles. The third kappa shape index (κ3) is 4.15. The number of fused-ring (bicyclic) bond motifs is 1. The van der Waals surface area contributed by atoms with Crippen molar-refractivity contribution < 1.29 is 9.59 Å². The summed E-state index contributed by atoms with van der Waals surface area (Å²) in [6.45, 7) is 2.82. The molecule has 1 aliphatic rings. The first kappa shape index (κ1) is 20.1. The molecular formula is C25H23N5O2. The van der Waals surface area contributed by atoms with E-state index in [1.165, 1.54) is 0 Å². The lowest BCUT2D eigenvalue weighted by molar-refractivity contribution is 0.0619. The number of aromatic nitrogens is 3. The van der Waals surface area contributed by atoms with E-state index < -0.39 is 0 Å². The van der Waals surface area contributed by atoms with Gasteiger partial charge in [0.05, 0.1) is 17.6 Å². The number of hydrogen-bond acceptors (Lipinski definition) is 5. The van der Waals surface area contributed by atoms with Crippen molar-refractivity contribution in [1.29, 1.82) is 0 Å². The SMILES string of the molecule is O=C(CN1CCN(C(=O)c2cccc(-c3nc4ccccc4[nH]3)n2)CC1)c1ccccc1. The molecule has 7 heteroatoms. The number of piperazine rings is 1. The maximum absolute atomic E-state index is 13.1. The van der Waals surface area contributed by atoms with Gasteiger partial charge in [0, 0.05) is 31.7 Å². The van der Waals surface area contributed by atoms with Crippen LogP contribution in [-0.4, -0.2) is 69.2 Å². The van der Waals surface area contributed by atoms with Gasteiger partial charge in [-0.2, -0.15) is 0 Å². The first-order valence-electron chi connectivity index (χ1n) is 10.7. The zero-order valence-electron chi connectivity index (χ0n) is 17.6. The Morgan fingerprint density at radius 3 is 2.34 bits per heavy atom. The number of carbonyl (C=O) groups excluding carboxylic acids is 2. The molecule has 0 saturated carbocycles. The fourth-order valence-corrected chi connectivity index (χ4v) is 3.95. The van der Waals surface area contributed by atoms with Crippen molar-refractivity contribution in [2.75, 3.05) is 32.7 Å². The Hall–Kier alpha value is -3.84. The van der Waals surface area contributed by atoms with Crippen molar-refractivity contribution in [2.45, 2.75) is 0 Å². The first-order valence-corrected chi connectivity index (χ1v) is 10.7. The van der Waals surface area contributed by atoms with E-state index in [-0.39, 0.29) is 11.7 Å². The van der Waals surface area contributed by atoms with Crippen molar-refractivity contribution in [3.05, 3.63) is 84.1 Å². The summed E-state index contributed by atoms with van der Waals surface area (Å²) in [6.07, 6.45) is 0. The molecular weight excluding hydrogens is 402 g/mol. The second kappa shape index (κ2) is 8.72. The topological polar surface area (TPSA) is 82.2 Å². The largest absolute Gasteiger partial charge is 0.337 e. The fraction of sp³-hybridized carbons (Fsp3) is 0.200. The van der Waals surface area contributed by atoms with Crippen LogP contribution in [0.4, 0.5) is 0 Å². The number of benzene rings is 2. The number of amides is 1. The van der Waals surface area contributed by atoms with Gasteiger partial charge in [0.25, 0.3) is 5.91 Å². The predicted molar refractivity (Wildman–Crippen MR) is 122 cm³/mol. The molecule has 0 atom stereocenters. The molecule has 0 spiro atoms. The van der Waals surface area contributed by atoms with Crippen LogP contribution in [0, 0.1) is 0 Å². The number of imidazole rings is 1. The van der Waals surface area contributed by atoms with E-state index in [2.05, 4.69) is 19.9 Å². The van der Waals surface area contributed by atoms with Crippen molar-refractivity contribution >= 4 is 22.7 Å². The predicted octanol–water partition coefficient (Wildman–Crippen LogP) is 3.27. The number of carbonyl (C=O) groups is 2.